The van der Waals surface area contributed by atoms with Gasteiger partial charge in [0.1, 0.15) is 6.29 Å². The van der Waals surface area contributed by atoms with Gasteiger partial charge in [0, 0.05) is 17.1 Å². The minimum absolute atomic E-state index is 0.398. The first-order valence-corrected chi connectivity index (χ1v) is 8.29. The lowest BCUT2D eigenvalue weighted by Crippen LogP contribution is -2.41. The molecule has 0 fully saturated rings. The maximum atomic E-state index is 11.6. The number of aromatic nitrogens is 1. The summed E-state index contributed by atoms with van der Waals surface area (Å²) in [5.41, 5.74) is 7.81. The second-order valence-electron chi connectivity index (χ2n) is 4.87. The molecule has 0 aliphatic carbocycles. The van der Waals surface area contributed by atoms with Crippen molar-refractivity contribution in [2.75, 3.05) is 6.29 Å². The Hall–Kier alpha value is -1.66. The highest BCUT2D eigenvalue weighted by Crippen LogP contribution is 2.31. The van der Waals surface area contributed by atoms with Gasteiger partial charge in [0.25, 0.3) is 0 Å². The topological polar surface area (TPSA) is 128 Å². The van der Waals surface area contributed by atoms with Crippen LogP contribution in [0.25, 0.3) is 10.9 Å². The Labute approximate surface area is 121 Å². The molecule has 1 atom stereocenters. The molecule has 21 heavy (non-hydrogen) atoms. The molecule has 1 amide bonds. The van der Waals surface area contributed by atoms with Crippen molar-refractivity contribution in [3.8, 4) is 0 Å². The predicted octanol–water partition coefficient (Wildman–Crippen LogP) is 0.679. The number of aromatic amines is 1. The van der Waals surface area contributed by atoms with Crippen LogP contribution in [-0.2, 0) is 15.8 Å². The number of carbonyl (C=O) groups excluding carboxylic acids is 1. The van der Waals surface area contributed by atoms with Crippen LogP contribution in [0.4, 0.5) is 0 Å². The van der Waals surface area contributed by atoms with Gasteiger partial charge in [0.2, 0.25) is 5.91 Å². The molecule has 0 bridgehead atoms. The molecule has 0 radical (unpaired) electrons. The summed E-state index contributed by atoms with van der Waals surface area (Å²) >= 11 is 0. The number of para-hydroxylation sites is 1. The maximum absolute atomic E-state index is 11.6. The van der Waals surface area contributed by atoms with E-state index in [-0.39, 0.29) is 0 Å². The summed E-state index contributed by atoms with van der Waals surface area (Å²) in [4.78, 5) is 32.2. The van der Waals surface area contributed by atoms with E-state index < -0.39 is 25.8 Å². The van der Waals surface area contributed by atoms with Gasteiger partial charge < -0.3 is 25.8 Å². The average Bonchev–Trinajstić information content (AvgIpc) is 2.84. The van der Waals surface area contributed by atoms with E-state index in [0.717, 1.165) is 16.5 Å². The molecule has 7 nitrogen and oxygen atoms in total. The number of fused-ring (bicyclic) bond motifs is 1. The van der Waals surface area contributed by atoms with Crippen molar-refractivity contribution in [3.63, 3.8) is 0 Å². The third-order valence-electron chi connectivity index (χ3n) is 3.20. The number of hydrogen-bond acceptors (Lipinski definition) is 3. The largest absolute Gasteiger partial charge is 0.361 e. The molecule has 2 aromatic rings. The highest BCUT2D eigenvalue weighted by molar-refractivity contribution is 7.51. The molecule has 0 aliphatic rings. The van der Waals surface area contributed by atoms with Crippen LogP contribution in [0.1, 0.15) is 12.0 Å². The molecule has 1 aromatic carbocycles. The molecular formula is C13H18N3O4P. The highest BCUT2D eigenvalue weighted by Gasteiger charge is 2.19. The molecule has 8 heteroatoms. The third kappa shape index (κ3) is 4.41. The van der Waals surface area contributed by atoms with E-state index in [0.29, 0.717) is 12.8 Å². The minimum Gasteiger partial charge on any atom is -0.361 e. The smallest absolute Gasteiger partial charge is 0.344 e. The lowest BCUT2D eigenvalue weighted by atomic mass is 10.0. The lowest BCUT2D eigenvalue weighted by Gasteiger charge is -2.12. The summed E-state index contributed by atoms with van der Waals surface area (Å²) < 4.78 is 10.7. The summed E-state index contributed by atoms with van der Waals surface area (Å²) in [7, 11) is -4.25. The summed E-state index contributed by atoms with van der Waals surface area (Å²) in [5.74, 6) is -0.557. The summed E-state index contributed by atoms with van der Waals surface area (Å²) in [5, 5.41) is 3.24. The van der Waals surface area contributed by atoms with Gasteiger partial charge in [-0.2, -0.15) is 0 Å². The SMILES string of the molecule is N[C@@H](CCc1c[nH]c2ccccc12)C(=O)NCP(=O)(O)O. The van der Waals surface area contributed by atoms with Gasteiger partial charge in [-0.25, -0.2) is 0 Å². The van der Waals surface area contributed by atoms with Crippen LogP contribution in [0.3, 0.4) is 0 Å². The molecule has 0 saturated heterocycles. The number of aryl methyl sites for hydroxylation is 1. The van der Waals surface area contributed by atoms with E-state index in [4.69, 9.17) is 15.5 Å². The molecule has 0 saturated carbocycles. The van der Waals surface area contributed by atoms with Crippen LogP contribution >= 0.6 is 7.60 Å². The summed E-state index contributed by atoms with van der Waals surface area (Å²) in [6, 6.07) is 7.02. The normalized spacial score (nSPS) is 13.3. The number of rotatable bonds is 6. The maximum Gasteiger partial charge on any atom is 0.344 e. The Balaban J connectivity index is 1.90. The Bertz CT molecular complexity index is 679. The van der Waals surface area contributed by atoms with Gasteiger partial charge in [0.15, 0.2) is 0 Å². The number of nitrogens with one attached hydrogen (secondary N) is 2. The molecule has 114 valence electrons. The Morgan fingerprint density at radius 2 is 2.10 bits per heavy atom. The van der Waals surface area contributed by atoms with Gasteiger partial charge in [-0.1, -0.05) is 18.2 Å². The van der Waals surface area contributed by atoms with Crippen molar-refractivity contribution < 1.29 is 19.1 Å². The zero-order valence-corrected chi connectivity index (χ0v) is 12.2. The quantitative estimate of drug-likeness (QED) is 0.501. The number of benzene rings is 1. The lowest BCUT2D eigenvalue weighted by molar-refractivity contribution is -0.122. The molecule has 1 heterocycles. The van der Waals surface area contributed by atoms with Crippen molar-refractivity contribution >= 4 is 24.4 Å². The highest BCUT2D eigenvalue weighted by atomic mass is 31.2. The zero-order valence-electron chi connectivity index (χ0n) is 11.3. The van der Waals surface area contributed by atoms with Crippen molar-refractivity contribution in [3.05, 3.63) is 36.0 Å². The Kier molecular flexibility index (Phi) is 4.80. The fraction of sp³-hybridized carbons (Fsp3) is 0.308. The van der Waals surface area contributed by atoms with Crippen molar-refractivity contribution in [2.24, 2.45) is 5.73 Å². The van der Waals surface area contributed by atoms with E-state index in [1.165, 1.54) is 0 Å². The van der Waals surface area contributed by atoms with Crippen LogP contribution in [-0.4, -0.2) is 33.0 Å². The molecule has 0 unspecified atom stereocenters. The van der Waals surface area contributed by atoms with Gasteiger partial charge in [-0.05, 0) is 24.5 Å². The molecule has 1 aromatic heterocycles. The van der Waals surface area contributed by atoms with Crippen LogP contribution in [0.5, 0.6) is 0 Å². The van der Waals surface area contributed by atoms with Crippen LogP contribution in [0.15, 0.2) is 30.5 Å². The van der Waals surface area contributed by atoms with E-state index in [2.05, 4.69) is 10.3 Å². The number of hydrogen-bond donors (Lipinski definition) is 5. The summed E-state index contributed by atoms with van der Waals surface area (Å²) in [6.07, 6.45) is 2.20. The molecule has 0 spiro atoms. The van der Waals surface area contributed by atoms with Gasteiger partial charge in [-0.15, -0.1) is 0 Å². The average molecular weight is 311 g/mol. The van der Waals surface area contributed by atoms with E-state index in [1.807, 2.05) is 30.5 Å². The van der Waals surface area contributed by atoms with Crippen LogP contribution in [0.2, 0.25) is 0 Å². The second kappa shape index (κ2) is 6.41. The first kappa shape index (κ1) is 15.7. The van der Waals surface area contributed by atoms with Crippen molar-refractivity contribution in [1.82, 2.24) is 10.3 Å². The van der Waals surface area contributed by atoms with Gasteiger partial charge >= 0.3 is 7.60 Å². The van der Waals surface area contributed by atoms with Crippen molar-refractivity contribution in [1.29, 1.82) is 0 Å². The second-order valence-corrected chi connectivity index (χ2v) is 6.51. The Morgan fingerprint density at radius 3 is 2.81 bits per heavy atom. The Morgan fingerprint density at radius 1 is 1.38 bits per heavy atom. The van der Waals surface area contributed by atoms with E-state index in [1.54, 1.807) is 0 Å². The summed E-state index contributed by atoms with van der Waals surface area (Å²) in [6.45, 7) is 0. The number of nitrogens with two attached hydrogens (primary N) is 1. The molecule has 6 N–H and O–H groups in total. The van der Waals surface area contributed by atoms with Crippen molar-refractivity contribution in [2.45, 2.75) is 18.9 Å². The first-order valence-electron chi connectivity index (χ1n) is 6.49. The van der Waals surface area contributed by atoms with Gasteiger partial charge in [0.05, 0.1) is 6.04 Å². The third-order valence-corrected chi connectivity index (χ3v) is 3.77. The molecule has 0 aliphatic heterocycles. The molecular weight excluding hydrogens is 293 g/mol. The standard InChI is InChI=1S/C13H18N3O4P/c14-11(13(17)16-8-21(18,19)20)6-5-9-7-15-12-4-2-1-3-10(9)12/h1-4,7,11,15H,5-6,8,14H2,(H,16,17)(H2,18,19,20)/t11-/m0/s1. The van der Waals surface area contributed by atoms with Gasteiger partial charge in [-0.3, -0.25) is 9.36 Å². The van der Waals surface area contributed by atoms with Crippen LogP contribution < -0.4 is 11.1 Å². The first-order chi connectivity index (χ1) is 9.87. The van der Waals surface area contributed by atoms with E-state index >= 15 is 0 Å². The monoisotopic (exact) mass is 311 g/mol. The number of H-pyrrole nitrogens is 1. The fourth-order valence-corrected chi connectivity index (χ4v) is 2.45. The minimum atomic E-state index is -4.25. The zero-order chi connectivity index (χ0) is 15.5. The van der Waals surface area contributed by atoms with Crippen LogP contribution in [0, 0.1) is 0 Å². The predicted molar refractivity (Wildman–Crippen MR) is 79.6 cm³/mol. The van der Waals surface area contributed by atoms with E-state index in [9.17, 15) is 9.36 Å². The number of amides is 1. The fourth-order valence-electron chi connectivity index (χ4n) is 2.09. The number of carbonyl (C=O) groups is 1. The molecule has 2 rings (SSSR count).